The quantitative estimate of drug-likeness (QED) is 0.643. The van der Waals surface area contributed by atoms with E-state index in [2.05, 4.69) is 19.2 Å². The molecule has 1 amide bonds. The Morgan fingerprint density at radius 3 is 2.58 bits per heavy atom. The number of piperidine rings is 1. The van der Waals surface area contributed by atoms with Gasteiger partial charge in [-0.25, -0.2) is 12.7 Å². The molecule has 1 heterocycles. The Hall–Kier alpha value is -2.18. The molecule has 2 aromatic rings. The number of sulfonamides is 1. The number of nitrogens with zero attached hydrogens (tertiary/aromatic N) is 1. The first-order valence-corrected chi connectivity index (χ1v) is 12.8. The van der Waals surface area contributed by atoms with Crippen molar-refractivity contribution in [3.8, 4) is 0 Å². The molecule has 1 atom stereocenters. The molecule has 0 aliphatic carbocycles. The highest BCUT2D eigenvalue weighted by Gasteiger charge is 2.32. The number of benzene rings is 2. The summed E-state index contributed by atoms with van der Waals surface area (Å²) in [4.78, 5) is 13.0. The monoisotopic (exact) mass is 442 g/mol. The summed E-state index contributed by atoms with van der Waals surface area (Å²) in [6.07, 6.45) is 2.75. The van der Waals surface area contributed by atoms with Gasteiger partial charge in [0.2, 0.25) is 15.9 Å². The van der Waals surface area contributed by atoms with Crippen LogP contribution in [-0.2, 0) is 21.2 Å². The highest BCUT2D eigenvalue weighted by atomic mass is 32.2. The third-order valence-corrected chi connectivity index (χ3v) is 7.96. The maximum absolute atomic E-state index is 13.0. The van der Waals surface area contributed by atoms with E-state index in [4.69, 9.17) is 0 Å². The number of anilines is 1. The van der Waals surface area contributed by atoms with E-state index in [0.717, 1.165) is 28.8 Å². The Bertz CT molecular complexity index is 987. The minimum absolute atomic E-state index is 0.0830. The van der Waals surface area contributed by atoms with E-state index in [-0.39, 0.29) is 24.1 Å². The van der Waals surface area contributed by atoms with Crippen molar-refractivity contribution in [3.05, 3.63) is 65.2 Å². The van der Waals surface area contributed by atoms with Gasteiger partial charge in [-0.2, -0.15) is 0 Å². The number of hydrogen-bond donors (Lipinski definition) is 1. The number of rotatable bonds is 8. The van der Waals surface area contributed by atoms with Gasteiger partial charge in [0.05, 0.1) is 11.7 Å². The molecule has 1 aliphatic rings. The Morgan fingerprint density at radius 1 is 1.13 bits per heavy atom. The van der Waals surface area contributed by atoms with Crippen LogP contribution in [0.3, 0.4) is 0 Å². The summed E-state index contributed by atoms with van der Waals surface area (Å²) >= 11 is 0. The molecule has 0 bridgehead atoms. The van der Waals surface area contributed by atoms with Crippen LogP contribution in [0.5, 0.6) is 0 Å². The number of para-hydroxylation sites is 1. The summed E-state index contributed by atoms with van der Waals surface area (Å²) in [5.41, 5.74) is 4.15. The first-order valence-electron chi connectivity index (χ1n) is 11.2. The highest BCUT2D eigenvalue weighted by Crippen LogP contribution is 2.29. The van der Waals surface area contributed by atoms with Crippen molar-refractivity contribution < 1.29 is 13.2 Å². The van der Waals surface area contributed by atoms with Crippen LogP contribution in [0, 0.1) is 12.8 Å². The average molecular weight is 443 g/mol. The predicted octanol–water partition coefficient (Wildman–Crippen LogP) is 4.73. The van der Waals surface area contributed by atoms with E-state index in [1.54, 1.807) is 0 Å². The van der Waals surface area contributed by atoms with Gasteiger partial charge in [0.25, 0.3) is 0 Å². The van der Waals surface area contributed by atoms with Crippen molar-refractivity contribution in [1.29, 1.82) is 0 Å². The molecule has 5 nitrogen and oxygen atoms in total. The minimum atomic E-state index is -3.37. The van der Waals surface area contributed by atoms with Crippen LogP contribution < -0.4 is 5.32 Å². The van der Waals surface area contributed by atoms with Crippen LogP contribution in [-0.4, -0.2) is 37.5 Å². The first-order chi connectivity index (χ1) is 14.8. The van der Waals surface area contributed by atoms with E-state index >= 15 is 0 Å². The summed E-state index contributed by atoms with van der Waals surface area (Å²) < 4.78 is 27.3. The molecule has 6 heteroatoms. The van der Waals surface area contributed by atoms with Crippen molar-refractivity contribution in [2.45, 2.75) is 52.4 Å². The van der Waals surface area contributed by atoms with Crippen molar-refractivity contribution in [3.63, 3.8) is 0 Å². The van der Waals surface area contributed by atoms with Gasteiger partial charge in [0.15, 0.2) is 0 Å². The van der Waals surface area contributed by atoms with Crippen LogP contribution in [0.2, 0.25) is 0 Å². The second-order valence-electron chi connectivity index (χ2n) is 8.79. The van der Waals surface area contributed by atoms with Gasteiger partial charge in [-0.1, -0.05) is 62.4 Å². The summed E-state index contributed by atoms with van der Waals surface area (Å²) in [5, 5.41) is 3.11. The zero-order valence-electron chi connectivity index (χ0n) is 18.8. The molecule has 0 radical (unpaired) electrons. The second-order valence-corrected chi connectivity index (χ2v) is 10.9. The molecule has 2 aromatic carbocycles. The maximum Gasteiger partial charge on any atom is 0.228 e. The van der Waals surface area contributed by atoms with Crippen LogP contribution >= 0.6 is 0 Å². The molecule has 1 fully saturated rings. The Labute approximate surface area is 186 Å². The molecule has 1 saturated heterocycles. The molecule has 0 spiro atoms. The Morgan fingerprint density at radius 2 is 1.87 bits per heavy atom. The predicted molar refractivity (Wildman–Crippen MR) is 127 cm³/mol. The van der Waals surface area contributed by atoms with E-state index in [1.807, 2.05) is 55.5 Å². The number of carbonyl (C=O) groups is 1. The molecule has 1 aliphatic heterocycles. The van der Waals surface area contributed by atoms with E-state index in [9.17, 15) is 13.2 Å². The number of hydrogen-bond acceptors (Lipinski definition) is 3. The van der Waals surface area contributed by atoms with Crippen LogP contribution in [0.1, 0.15) is 55.7 Å². The summed E-state index contributed by atoms with van der Waals surface area (Å²) in [6.45, 7) is 6.97. The molecule has 0 unspecified atom stereocenters. The third kappa shape index (κ3) is 6.17. The van der Waals surface area contributed by atoms with E-state index < -0.39 is 10.0 Å². The van der Waals surface area contributed by atoms with Crippen molar-refractivity contribution in [2.24, 2.45) is 5.92 Å². The summed E-state index contributed by atoms with van der Waals surface area (Å²) in [6, 6.07) is 16.0. The van der Waals surface area contributed by atoms with E-state index in [0.29, 0.717) is 31.7 Å². The van der Waals surface area contributed by atoms with Gasteiger partial charge >= 0.3 is 0 Å². The molecular formula is C25H34N2O3S. The normalized spacial score (nSPS) is 17.6. The fraction of sp³-hybridized carbons (Fsp3) is 0.480. The Kier molecular flexibility index (Phi) is 7.89. The van der Waals surface area contributed by atoms with Gasteiger partial charge in [0, 0.05) is 18.8 Å². The smallest absolute Gasteiger partial charge is 0.228 e. The van der Waals surface area contributed by atoms with Gasteiger partial charge in [-0.15, -0.1) is 0 Å². The number of nitrogens with one attached hydrogen (secondary N) is 1. The van der Waals surface area contributed by atoms with Crippen LogP contribution in [0.15, 0.2) is 48.5 Å². The number of carbonyl (C=O) groups excluding carboxylic acids is 1. The summed E-state index contributed by atoms with van der Waals surface area (Å²) in [7, 11) is -3.37. The maximum atomic E-state index is 13.0. The topological polar surface area (TPSA) is 66.5 Å². The van der Waals surface area contributed by atoms with Crippen LogP contribution in [0.25, 0.3) is 0 Å². The molecule has 0 aromatic heterocycles. The van der Waals surface area contributed by atoms with Gasteiger partial charge in [0.1, 0.15) is 0 Å². The lowest BCUT2D eigenvalue weighted by molar-refractivity contribution is -0.120. The molecule has 1 N–H and O–H groups in total. The Balaban J connectivity index is 1.61. The van der Waals surface area contributed by atoms with E-state index in [1.165, 1.54) is 4.31 Å². The minimum Gasteiger partial charge on any atom is -0.325 e. The van der Waals surface area contributed by atoms with Crippen LogP contribution in [0.4, 0.5) is 5.69 Å². The fourth-order valence-corrected chi connectivity index (χ4v) is 5.79. The zero-order chi connectivity index (χ0) is 22.4. The number of aryl methyl sites for hydroxylation is 2. The standard InChI is InChI=1S/C25H34N2O3S/c1-19(2)23-15-7-10-20(3)24(23)26-25(28)22-14-8-16-27(18-22)31(29,30)17-9-13-21-11-5-4-6-12-21/h4-7,10-12,15,19,22H,8-9,13-14,16-18H2,1-3H3,(H,26,28)/t22-/m1/s1. The van der Waals surface area contributed by atoms with Gasteiger partial charge < -0.3 is 5.32 Å². The van der Waals surface area contributed by atoms with Crippen molar-refractivity contribution in [1.82, 2.24) is 4.31 Å². The third-order valence-electron chi connectivity index (χ3n) is 6.03. The average Bonchev–Trinajstić information content (AvgIpc) is 2.75. The molecular weight excluding hydrogens is 408 g/mol. The fourth-order valence-electron chi connectivity index (χ4n) is 4.21. The second kappa shape index (κ2) is 10.4. The molecule has 0 saturated carbocycles. The summed E-state index contributed by atoms with van der Waals surface area (Å²) in [5.74, 6) is 0.00613. The lowest BCUT2D eigenvalue weighted by Crippen LogP contribution is -2.44. The lowest BCUT2D eigenvalue weighted by atomic mass is 9.95. The van der Waals surface area contributed by atoms with Crippen molar-refractivity contribution in [2.75, 3.05) is 24.2 Å². The molecule has 31 heavy (non-hydrogen) atoms. The van der Waals surface area contributed by atoms with Gasteiger partial charge in [-0.3, -0.25) is 4.79 Å². The first kappa shape index (κ1) is 23.5. The highest BCUT2D eigenvalue weighted by molar-refractivity contribution is 7.89. The van der Waals surface area contributed by atoms with Crippen molar-refractivity contribution >= 4 is 21.6 Å². The largest absolute Gasteiger partial charge is 0.325 e. The SMILES string of the molecule is Cc1cccc(C(C)C)c1NC(=O)[C@@H]1CCCN(S(=O)(=O)CCCc2ccccc2)C1. The molecule has 3 rings (SSSR count). The zero-order valence-corrected chi connectivity index (χ0v) is 19.6. The number of amides is 1. The van der Waals surface area contributed by atoms with Gasteiger partial charge in [-0.05, 0) is 55.2 Å². The lowest BCUT2D eigenvalue weighted by Gasteiger charge is -2.31. The molecule has 168 valence electrons.